The maximum Gasteiger partial charge on any atom is 0.251 e. The monoisotopic (exact) mass is 321 g/mol. The summed E-state index contributed by atoms with van der Waals surface area (Å²) in [6.07, 6.45) is 2.25. The van der Waals surface area contributed by atoms with Crippen LogP contribution in [0.1, 0.15) is 23.2 Å². The summed E-state index contributed by atoms with van der Waals surface area (Å²) in [7, 11) is 0. The van der Waals surface area contributed by atoms with Gasteiger partial charge >= 0.3 is 0 Å². The quantitative estimate of drug-likeness (QED) is 0.776. The zero-order chi connectivity index (χ0) is 16.4. The third-order valence-corrected chi connectivity index (χ3v) is 4.32. The van der Waals surface area contributed by atoms with Gasteiger partial charge in [0.05, 0.1) is 17.1 Å². The lowest BCUT2D eigenvalue weighted by molar-refractivity contribution is 0.0858. The molecule has 1 fully saturated rings. The van der Waals surface area contributed by atoms with Gasteiger partial charge in [-0.25, -0.2) is 4.98 Å². The minimum absolute atomic E-state index is 0.0679. The number of carbonyl (C=O) groups is 1. The molecule has 2 aromatic carbocycles. The highest BCUT2D eigenvalue weighted by atomic mass is 16.5. The predicted octanol–water partition coefficient (Wildman–Crippen LogP) is 3.14. The molecule has 0 unspecified atom stereocenters. The van der Waals surface area contributed by atoms with Crippen molar-refractivity contribution in [3.05, 3.63) is 54.1 Å². The largest absolute Gasteiger partial charge is 0.376 e. The van der Waals surface area contributed by atoms with Gasteiger partial charge in [-0.2, -0.15) is 0 Å². The van der Waals surface area contributed by atoms with Gasteiger partial charge in [-0.3, -0.25) is 4.79 Å². The molecule has 1 aliphatic rings. The number of nitrogens with one attached hydrogen (secondary N) is 2. The van der Waals surface area contributed by atoms with Crippen molar-refractivity contribution >= 4 is 16.9 Å². The average Bonchev–Trinajstić information content (AvgIpc) is 3.29. The van der Waals surface area contributed by atoms with Crippen molar-refractivity contribution in [2.24, 2.45) is 0 Å². The third kappa shape index (κ3) is 3.03. The van der Waals surface area contributed by atoms with Crippen molar-refractivity contribution in [2.45, 2.75) is 18.9 Å². The number of benzene rings is 2. The molecular weight excluding hydrogens is 302 g/mol. The van der Waals surface area contributed by atoms with E-state index in [1.165, 1.54) is 0 Å². The minimum atomic E-state index is -0.0679. The van der Waals surface area contributed by atoms with Gasteiger partial charge in [0.2, 0.25) is 0 Å². The molecule has 24 heavy (non-hydrogen) atoms. The number of hydrogen-bond donors (Lipinski definition) is 2. The van der Waals surface area contributed by atoms with E-state index < -0.39 is 0 Å². The molecule has 1 amide bonds. The highest BCUT2D eigenvalue weighted by molar-refractivity contribution is 5.94. The second-order valence-electron chi connectivity index (χ2n) is 6.02. The Balaban J connectivity index is 1.46. The second-order valence-corrected chi connectivity index (χ2v) is 6.02. The number of rotatable bonds is 4. The first kappa shape index (κ1) is 14.9. The van der Waals surface area contributed by atoms with Crippen LogP contribution in [0.3, 0.4) is 0 Å². The van der Waals surface area contributed by atoms with Gasteiger partial charge in [0.25, 0.3) is 5.91 Å². The Labute approximate surface area is 140 Å². The highest BCUT2D eigenvalue weighted by Crippen LogP contribution is 2.20. The van der Waals surface area contributed by atoms with Gasteiger partial charge < -0.3 is 15.0 Å². The van der Waals surface area contributed by atoms with Crippen LogP contribution in [0, 0.1) is 0 Å². The number of aromatic amines is 1. The molecule has 0 spiro atoms. The number of ether oxygens (including phenoxy) is 1. The van der Waals surface area contributed by atoms with Crippen molar-refractivity contribution in [1.29, 1.82) is 0 Å². The van der Waals surface area contributed by atoms with Crippen molar-refractivity contribution in [2.75, 3.05) is 13.2 Å². The first-order valence-electron chi connectivity index (χ1n) is 8.24. The van der Waals surface area contributed by atoms with E-state index in [0.717, 1.165) is 41.9 Å². The van der Waals surface area contributed by atoms with Gasteiger partial charge in [0, 0.05) is 24.3 Å². The Morgan fingerprint density at radius 3 is 2.79 bits per heavy atom. The van der Waals surface area contributed by atoms with E-state index in [-0.39, 0.29) is 12.0 Å². The summed E-state index contributed by atoms with van der Waals surface area (Å²) in [5, 5.41) is 2.93. The Morgan fingerprint density at radius 2 is 2.04 bits per heavy atom. The smallest absolute Gasteiger partial charge is 0.251 e. The zero-order valence-electron chi connectivity index (χ0n) is 13.3. The molecule has 3 aromatic rings. The van der Waals surface area contributed by atoms with Crippen LogP contribution < -0.4 is 5.32 Å². The van der Waals surface area contributed by atoms with Crippen molar-refractivity contribution in [3.63, 3.8) is 0 Å². The Hall–Kier alpha value is -2.66. The number of H-pyrrole nitrogens is 1. The van der Waals surface area contributed by atoms with Crippen LogP contribution >= 0.6 is 0 Å². The van der Waals surface area contributed by atoms with Crippen LogP contribution in [0.15, 0.2) is 48.5 Å². The molecule has 1 aromatic heterocycles. The molecule has 0 radical (unpaired) electrons. The molecule has 0 saturated carbocycles. The summed E-state index contributed by atoms with van der Waals surface area (Å²) < 4.78 is 5.52. The van der Waals surface area contributed by atoms with Crippen LogP contribution in [0.2, 0.25) is 0 Å². The summed E-state index contributed by atoms with van der Waals surface area (Å²) >= 11 is 0. The molecular formula is C19H19N3O2. The molecule has 4 rings (SSSR count). The molecule has 1 saturated heterocycles. The molecule has 1 aliphatic heterocycles. The number of fused-ring (bicyclic) bond motifs is 1. The Morgan fingerprint density at radius 1 is 1.21 bits per heavy atom. The SMILES string of the molecule is O=C(NC[C@@H]1CCCO1)c1ccc(-c2nc3ccccc3[nH]2)cc1. The Bertz CT molecular complexity index is 815. The van der Waals surface area contributed by atoms with E-state index in [1.807, 2.05) is 48.5 Å². The molecule has 2 heterocycles. The molecule has 5 heteroatoms. The van der Waals surface area contributed by atoms with E-state index in [4.69, 9.17) is 4.74 Å². The Kier molecular flexibility index (Phi) is 4.01. The molecule has 5 nitrogen and oxygen atoms in total. The summed E-state index contributed by atoms with van der Waals surface area (Å²) in [5.74, 6) is 0.740. The number of carbonyl (C=O) groups excluding carboxylic acids is 1. The van der Waals surface area contributed by atoms with E-state index in [1.54, 1.807) is 0 Å². The number of aromatic nitrogens is 2. The van der Waals surface area contributed by atoms with Gasteiger partial charge in [0.15, 0.2) is 0 Å². The fourth-order valence-corrected chi connectivity index (χ4v) is 2.98. The topological polar surface area (TPSA) is 67.0 Å². The number of imidazole rings is 1. The maximum absolute atomic E-state index is 12.2. The standard InChI is InChI=1S/C19H19N3O2/c23-19(20-12-15-4-3-11-24-15)14-9-7-13(8-10-14)18-21-16-5-1-2-6-17(16)22-18/h1-2,5-10,15H,3-4,11-12H2,(H,20,23)(H,21,22)/t15-/m0/s1. The average molecular weight is 321 g/mol. The van der Waals surface area contributed by atoms with Crippen molar-refractivity contribution in [1.82, 2.24) is 15.3 Å². The van der Waals surface area contributed by atoms with Gasteiger partial charge in [-0.05, 0) is 37.1 Å². The lowest BCUT2D eigenvalue weighted by Crippen LogP contribution is -2.31. The predicted molar refractivity (Wildman–Crippen MR) is 92.8 cm³/mol. The highest BCUT2D eigenvalue weighted by Gasteiger charge is 2.16. The van der Waals surface area contributed by atoms with Gasteiger partial charge in [-0.15, -0.1) is 0 Å². The van der Waals surface area contributed by atoms with Gasteiger partial charge in [-0.1, -0.05) is 24.3 Å². The molecule has 2 N–H and O–H groups in total. The second kappa shape index (κ2) is 6.45. The number of para-hydroxylation sites is 2. The first-order chi connectivity index (χ1) is 11.8. The van der Waals surface area contributed by atoms with E-state index in [0.29, 0.717) is 12.1 Å². The number of nitrogens with zero attached hydrogens (tertiary/aromatic N) is 1. The molecule has 122 valence electrons. The van der Waals surface area contributed by atoms with E-state index in [9.17, 15) is 4.79 Å². The number of hydrogen-bond acceptors (Lipinski definition) is 3. The van der Waals surface area contributed by atoms with E-state index >= 15 is 0 Å². The van der Waals surface area contributed by atoms with E-state index in [2.05, 4.69) is 15.3 Å². The molecule has 0 bridgehead atoms. The molecule has 0 aliphatic carbocycles. The fourth-order valence-electron chi connectivity index (χ4n) is 2.98. The maximum atomic E-state index is 12.2. The summed E-state index contributed by atoms with van der Waals surface area (Å²) in [4.78, 5) is 20.1. The third-order valence-electron chi connectivity index (χ3n) is 4.32. The van der Waals surface area contributed by atoms with Crippen LogP contribution in [0.5, 0.6) is 0 Å². The van der Waals surface area contributed by atoms with Crippen LogP contribution in [0.25, 0.3) is 22.4 Å². The number of amides is 1. The normalized spacial score (nSPS) is 17.2. The van der Waals surface area contributed by atoms with Crippen LogP contribution in [-0.2, 0) is 4.74 Å². The zero-order valence-corrected chi connectivity index (χ0v) is 13.3. The lowest BCUT2D eigenvalue weighted by Gasteiger charge is -2.10. The molecule has 1 atom stereocenters. The fraction of sp³-hybridized carbons (Fsp3) is 0.263. The lowest BCUT2D eigenvalue weighted by atomic mass is 10.1. The van der Waals surface area contributed by atoms with Crippen LogP contribution in [-0.4, -0.2) is 35.1 Å². The minimum Gasteiger partial charge on any atom is -0.376 e. The van der Waals surface area contributed by atoms with Gasteiger partial charge in [0.1, 0.15) is 5.82 Å². The summed E-state index contributed by atoms with van der Waals surface area (Å²) in [5.41, 5.74) is 3.55. The summed E-state index contributed by atoms with van der Waals surface area (Å²) in [6, 6.07) is 15.4. The summed E-state index contributed by atoms with van der Waals surface area (Å²) in [6.45, 7) is 1.37. The van der Waals surface area contributed by atoms with Crippen molar-refractivity contribution < 1.29 is 9.53 Å². The first-order valence-corrected chi connectivity index (χ1v) is 8.24. The van der Waals surface area contributed by atoms with Crippen LogP contribution in [0.4, 0.5) is 0 Å². The van der Waals surface area contributed by atoms with Crippen molar-refractivity contribution in [3.8, 4) is 11.4 Å².